The molecule has 10 rings (SSSR count). The van der Waals surface area contributed by atoms with Gasteiger partial charge in [-0.3, -0.25) is 9.98 Å². The first kappa shape index (κ1) is 29.9. The van der Waals surface area contributed by atoms with E-state index in [4.69, 9.17) is 20.0 Å². The Kier molecular flexibility index (Phi) is 6.78. The molecule has 0 radical (unpaired) electrons. The van der Waals surface area contributed by atoms with Gasteiger partial charge < -0.3 is 0 Å². The number of rotatable bonds is 3. The maximum absolute atomic E-state index is 5.41. The highest BCUT2D eigenvalue weighted by Gasteiger charge is 2.26. The number of nitrogens with zero attached hydrogens (tertiary/aromatic N) is 4. The van der Waals surface area contributed by atoms with Crippen LogP contribution < -0.4 is 10.6 Å². The number of benzene rings is 5. The zero-order valence-corrected chi connectivity index (χ0v) is 28.9. The molecular formula is C47H36N4. The summed E-state index contributed by atoms with van der Waals surface area (Å²) in [5.41, 5.74) is 14.6. The van der Waals surface area contributed by atoms with Crippen molar-refractivity contribution in [2.45, 2.75) is 45.1 Å². The van der Waals surface area contributed by atoms with Crippen LogP contribution in [0.3, 0.4) is 0 Å². The van der Waals surface area contributed by atoms with Crippen LogP contribution in [0.25, 0.3) is 55.9 Å². The molecule has 0 bridgehead atoms. The van der Waals surface area contributed by atoms with Gasteiger partial charge in [0.05, 0.1) is 34.0 Å². The van der Waals surface area contributed by atoms with Gasteiger partial charge in [0.1, 0.15) is 0 Å². The van der Waals surface area contributed by atoms with Crippen molar-refractivity contribution in [2.24, 2.45) is 15.9 Å². The van der Waals surface area contributed by atoms with Crippen molar-refractivity contribution < 1.29 is 0 Å². The van der Waals surface area contributed by atoms with Crippen molar-refractivity contribution in [3.63, 3.8) is 0 Å². The second-order valence-electron chi connectivity index (χ2n) is 14.5. The second-order valence-corrected chi connectivity index (χ2v) is 14.5. The lowest BCUT2D eigenvalue weighted by Crippen LogP contribution is -2.33. The number of hydrogen-bond acceptors (Lipinski definition) is 4. The van der Waals surface area contributed by atoms with E-state index in [0.717, 1.165) is 50.9 Å². The van der Waals surface area contributed by atoms with Gasteiger partial charge in [-0.1, -0.05) is 92.7 Å². The highest BCUT2D eigenvalue weighted by molar-refractivity contribution is 6.14. The molecule has 1 aliphatic carbocycles. The van der Waals surface area contributed by atoms with Gasteiger partial charge in [-0.2, -0.15) is 0 Å². The summed E-state index contributed by atoms with van der Waals surface area (Å²) in [4.78, 5) is 20.5. The van der Waals surface area contributed by atoms with Crippen molar-refractivity contribution in [1.82, 2.24) is 9.97 Å². The van der Waals surface area contributed by atoms with E-state index in [1.807, 2.05) is 12.4 Å². The van der Waals surface area contributed by atoms with Crippen LogP contribution in [-0.4, -0.2) is 21.7 Å². The minimum atomic E-state index is 0.130. The molecule has 4 heteroatoms. The Balaban J connectivity index is 1.08. The van der Waals surface area contributed by atoms with E-state index < -0.39 is 0 Å². The summed E-state index contributed by atoms with van der Waals surface area (Å²) in [6.07, 6.45) is 11.5. The van der Waals surface area contributed by atoms with Crippen LogP contribution >= 0.6 is 0 Å². The monoisotopic (exact) mass is 656 g/mol. The molecule has 3 aliphatic rings. The number of hydrogen-bond donors (Lipinski definition) is 0. The van der Waals surface area contributed by atoms with E-state index in [-0.39, 0.29) is 17.9 Å². The molecule has 0 saturated carbocycles. The second kappa shape index (κ2) is 11.6. The van der Waals surface area contributed by atoms with Gasteiger partial charge in [0.2, 0.25) is 0 Å². The van der Waals surface area contributed by atoms with E-state index in [1.54, 1.807) is 0 Å². The van der Waals surface area contributed by atoms with Gasteiger partial charge in [0, 0.05) is 46.7 Å². The fourth-order valence-electron chi connectivity index (χ4n) is 8.61. The molecule has 0 saturated heterocycles. The Morgan fingerprint density at radius 2 is 1.59 bits per heavy atom. The standard InChI is InChI=1S/C47H36N4/c1-27-9-8-13-39-37-19-17-32(24-41(37)36-11-5-6-12-38(36)44(27)39)43-20-18-30-15-16-33-21-28(2)45(51-47(33)46(30)50-43)35-22-34(25-48-26-35)40-23-31-10-4-7-14-42(31)49-29(40)3/h4-7,9-20,22-29,40H,21H2,1-3H3. The molecule has 4 heterocycles. The van der Waals surface area contributed by atoms with E-state index in [9.17, 15) is 0 Å². The van der Waals surface area contributed by atoms with Gasteiger partial charge in [0.15, 0.2) is 0 Å². The number of fused-ring (bicyclic) bond motifs is 10. The highest BCUT2D eigenvalue weighted by atomic mass is 14.8. The van der Waals surface area contributed by atoms with E-state index in [1.165, 1.54) is 49.0 Å². The molecule has 4 nitrogen and oxygen atoms in total. The van der Waals surface area contributed by atoms with Gasteiger partial charge in [-0.15, -0.1) is 5.73 Å². The van der Waals surface area contributed by atoms with Crippen molar-refractivity contribution in [3.05, 3.63) is 160 Å². The van der Waals surface area contributed by atoms with Crippen molar-refractivity contribution in [2.75, 3.05) is 0 Å². The fourth-order valence-corrected chi connectivity index (χ4v) is 8.61. The Bertz CT molecular complexity index is 2840. The summed E-state index contributed by atoms with van der Waals surface area (Å²) in [5, 5.41) is 8.43. The maximum atomic E-state index is 5.41. The predicted octanol–water partition coefficient (Wildman–Crippen LogP) is 9.79. The van der Waals surface area contributed by atoms with Gasteiger partial charge in [-0.05, 0) is 98.8 Å². The Morgan fingerprint density at radius 3 is 2.51 bits per heavy atom. The maximum Gasteiger partial charge on any atom is 0.0968 e. The number of allylic oxidation sites excluding steroid dienone is 1. The molecule has 244 valence electrons. The third kappa shape index (κ3) is 4.82. The minimum absolute atomic E-state index is 0.130. The van der Waals surface area contributed by atoms with Gasteiger partial charge in [0.25, 0.3) is 0 Å². The Hall–Kier alpha value is -5.96. The van der Waals surface area contributed by atoms with Crippen molar-refractivity contribution >= 4 is 56.0 Å². The molecule has 51 heavy (non-hydrogen) atoms. The summed E-state index contributed by atoms with van der Waals surface area (Å²) >= 11 is 0. The molecule has 4 unspecified atom stereocenters. The molecule has 0 amide bonds. The minimum Gasteiger partial charge on any atom is -0.281 e. The van der Waals surface area contributed by atoms with Crippen molar-refractivity contribution in [3.8, 4) is 11.3 Å². The molecular weight excluding hydrogens is 621 g/mol. The summed E-state index contributed by atoms with van der Waals surface area (Å²) in [6, 6.07) is 35.2. The number of aliphatic imine (C=N–C) groups is 1. The molecule has 7 aromatic rings. The summed E-state index contributed by atoms with van der Waals surface area (Å²) < 4.78 is 0. The summed E-state index contributed by atoms with van der Waals surface area (Å²) in [6.45, 7) is 6.72. The Morgan fingerprint density at radius 1 is 0.745 bits per heavy atom. The third-order valence-corrected chi connectivity index (χ3v) is 11.2. The zero-order chi connectivity index (χ0) is 34.2. The van der Waals surface area contributed by atoms with E-state index in [0.29, 0.717) is 5.92 Å². The Labute approximate surface area is 297 Å². The van der Waals surface area contributed by atoms with Crippen LogP contribution in [0.2, 0.25) is 0 Å². The highest BCUT2D eigenvalue weighted by Crippen LogP contribution is 2.42. The molecule has 0 fully saturated rings. The largest absolute Gasteiger partial charge is 0.281 e. The molecule has 0 spiro atoms. The van der Waals surface area contributed by atoms with Crippen LogP contribution in [-0.2, 0) is 6.42 Å². The average molecular weight is 657 g/mol. The van der Waals surface area contributed by atoms with Crippen LogP contribution in [0.15, 0.2) is 131 Å². The molecule has 5 aromatic carbocycles. The fraction of sp³-hybridized carbons (Fsp3) is 0.170. The first-order chi connectivity index (χ1) is 25.0. The molecule has 2 aliphatic heterocycles. The lowest BCUT2D eigenvalue weighted by atomic mass is 9.83. The SMILES string of the molecule is CC1Cc2ccc3ccc(-c4ccc5c6c(c7ccccc7c5c4)C(C)C=C=C6)nc3c2N=C1c1cncc(C2C=c3ccccc3=NC2C)c1. The lowest BCUT2D eigenvalue weighted by Gasteiger charge is -2.25. The zero-order valence-electron chi connectivity index (χ0n) is 28.9. The predicted molar refractivity (Wildman–Crippen MR) is 210 cm³/mol. The normalized spacial score (nSPS) is 20.3. The molecule has 4 atom stereocenters. The quantitative estimate of drug-likeness (QED) is 0.140. The van der Waals surface area contributed by atoms with Crippen LogP contribution in [0, 0.1) is 5.92 Å². The molecule has 0 N–H and O–H groups in total. The van der Waals surface area contributed by atoms with E-state index >= 15 is 0 Å². The topological polar surface area (TPSA) is 50.5 Å². The summed E-state index contributed by atoms with van der Waals surface area (Å²) in [7, 11) is 0. The van der Waals surface area contributed by atoms with Crippen LogP contribution in [0.1, 0.15) is 60.4 Å². The number of pyridine rings is 2. The summed E-state index contributed by atoms with van der Waals surface area (Å²) in [5.74, 6) is 0.727. The third-order valence-electron chi connectivity index (χ3n) is 11.2. The number of aromatic nitrogens is 2. The van der Waals surface area contributed by atoms with Gasteiger partial charge in [-0.25, -0.2) is 9.98 Å². The number of para-hydroxylation sites is 1. The first-order valence-corrected chi connectivity index (χ1v) is 18.0. The van der Waals surface area contributed by atoms with Crippen LogP contribution in [0.4, 0.5) is 5.69 Å². The van der Waals surface area contributed by atoms with E-state index in [2.05, 4.69) is 142 Å². The van der Waals surface area contributed by atoms with Gasteiger partial charge >= 0.3 is 0 Å². The first-order valence-electron chi connectivity index (χ1n) is 18.0. The van der Waals surface area contributed by atoms with Crippen LogP contribution in [0.5, 0.6) is 0 Å². The lowest BCUT2D eigenvalue weighted by molar-refractivity contribution is 0.655. The molecule has 2 aromatic heterocycles. The van der Waals surface area contributed by atoms with Crippen molar-refractivity contribution in [1.29, 1.82) is 0 Å². The average Bonchev–Trinajstić information content (AvgIpc) is 3.17. The smallest absolute Gasteiger partial charge is 0.0968 e.